The molecule has 0 unspecified atom stereocenters. The summed E-state index contributed by atoms with van der Waals surface area (Å²) in [6.07, 6.45) is 0.925. The molecule has 0 bridgehead atoms. The summed E-state index contributed by atoms with van der Waals surface area (Å²) >= 11 is 1.58. The summed E-state index contributed by atoms with van der Waals surface area (Å²) in [5.74, 6) is 0.00760. The number of rotatable bonds is 1. The maximum absolute atomic E-state index is 12.0. The number of amides is 1. The van der Waals surface area contributed by atoms with Crippen molar-refractivity contribution in [3.8, 4) is 11.3 Å². The maximum atomic E-state index is 12.0. The second-order valence-electron chi connectivity index (χ2n) is 5.83. The van der Waals surface area contributed by atoms with Crippen LogP contribution in [0.4, 0.5) is 5.13 Å². The number of carbonyl (C=O) groups excluding carboxylic acids is 1. The van der Waals surface area contributed by atoms with Gasteiger partial charge in [0, 0.05) is 22.3 Å². The molecule has 1 aromatic heterocycles. The van der Waals surface area contributed by atoms with E-state index < -0.39 is 5.41 Å². The van der Waals surface area contributed by atoms with E-state index >= 15 is 0 Å². The molecule has 0 atom stereocenters. The Hall–Kier alpha value is -1.68. The smallest absolute Gasteiger partial charge is 0.231 e. The van der Waals surface area contributed by atoms with Gasteiger partial charge in [0.05, 0.1) is 5.69 Å². The molecular formula is C15H16N2OS. The van der Waals surface area contributed by atoms with E-state index in [2.05, 4.69) is 28.5 Å². The van der Waals surface area contributed by atoms with Crippen molar-refractivity contribution in [1.82, 2.24) is 4.98 Å². The Morgan fingerprint density at radius 3 is 2.79 bits per heavy atom. The van der Waals surface area contributed by atoms with Crippen LogP contribution in [0.15, 0.2) is 24.3 Å². The summed E-state index contributed by atoms with van der Waals surface area (Å²) in [7, 11) is 0. The van der Waals surface area contributed by atoms with Gasteiger partial charge in [-0.05, 0) is 5.56 Å². The highest BCUT2D eigenvalue weighted by Gasteiger charge is 2.26. The molecule has 0 aliphatic heterocycles. The van der Waals surface area contributed by atoms with Crippen LogP contribution in [0.3, 0.4) is 0 Å². The molecule has 98 valence electrons. The summed E-state index contributed by atoms with van der Waals surface area (Å²) < 4.78 is 0. The van der Waals surface area contributed by atoms with Crippen LogP contribution in [0.1, 0.15) is 31.2 Å². The van der Waals surface area contributed by atoms with E-state index in [1.165, 1.54) is 16.0 Å². The third-order valence-corrected chi connectivity index (χ3v) is 4.19. The van der Waals surface area contributed by atoms with Crippen LogP contribution < -0.4 is 5.32 Å². The van der Waals surface area contributed by atoms with Gasteiger partial charge in [0.2, 0.25) is 5.91 Å². The lowest BCUT2D eigenvalue weighted by molar-refractivity contribution is -0.123. The second-order valence-corrected chi connectivity index (χ2v) is 6.91. The Kier molecular flexibility index (Phi) is 2.71. The van der Waals surface area contributed by atoms with E-state index in [1.54, 1.807) is 11.3 Å². The Morgan fingerprint density at radius 2 is 2.05 bits per heavy atom. The minimum absolute atomic E-state index is 0.00760. The minimum atomic E-state index is -0.395. The average molecular weight is 272 g/mol. The van der Waals surface area contributed by atoms with Gasteiger partial charge in [-0.25, -0.2) is 4.98 Å². The Labute approximate surface area is 116 Å². The van der Waals surface area contributed by atoms with Gasteiger partial charge in [-0.3, -0.25) is 4.79 Å². The van der Waals surface area contributed by atoms with Crippen LogP contribution in [-0.4, -0.2) is 10.9 Å². The number of anilines is 1. The fourth-order valence-electron chi connectivity index (χ4n) is 2.10. The lowest BCUT2D eigenvalue weighted by Gasteiger charge is -2.16. The van der Waals surface area contributed by atoms with E-state index in [-0.39, 0.29) is 5.91 Å². The lowest BCUT2D eigenvalue weighted by Crippen LogP contribution is -2.27. The normalized spacial score (nSPS) is 13.0. The van der Waals surface area contributed by atoms with Crippen LogP contribution in [0.2, 0.25) is 0 Å². The van der Waals surface area contributed by atoms with E-state index in [9.17, 15) is 4.79 Å². The molecule has 4 heteroatoms. The number of benzene rings is 1. The van der Waals surface area contributed by atoms with Crippen molar-refractivity contribution < 1.29 is 4.79 Å². The molecule has 2 aromatic rings. The minimum Gasteiger partial charge on any atom is -0.301 e. The number of nitrogens with zero attached hydrogens (tertiary/aromatic N) is 1. The Morgan fingerprint density at radius 1 is 1.32 bits per heavy atom. The monoisotopic (exact) mass is 272 g/mol. The fourth-order valence-corrected chi connectivity index (χ4v) is 3.09. The third kappa shape index (κ3) is 2.16. The molecule has 1 heterocycles. The van der Waals surface area contributed by atoms with Crippen LogP contribution in [0.5, 0.6) is 0 Å². The number of fused-ring (bicyclic) bond motifs is 3. The molecule has 1 N–H and O–H groups in total. The number of hydrogen-bond acceptors (Lipinski definition) is 3. The average Bonchev–Trinajstić information content (AvgIpc) is 2.84. The first kappa shape index (κ1) is 12.4. The first-order valence-corrected chi connectivity index (χ1v) is 7.16. The van der Waals surface area contributed by atoms with Crippen LogP contribution in [0.25, 0.3) is 11.3 Å². The third-order valence-electron chi connectivity index (χ3n) is 3.22. The molecule has 0 saturated heterocycles. The number of carbonyl (C=O) groups is 1. The molecule has 0 fully saturated rings. The van der Waals surface area contributed by atoms with Crippen LogP contribution in [0, 0.1) is 5.41 Å². The Balaban J connectivity index is 1.89. The number of hydrogen-bond donors (Lipinski definition) is 1. The van der Waals surface area contributed by atoms with Gasteiger partial charge in [-0.15, -0.1) is 11.3 Å². The number of aromatic nitrogens is 1. The SMILES string of the molecule is CC(C)(C)C(=O)Nc1nc2c(s1)Cc1ccccc1-2. The van der Waals surface area contributed by atoms with Crippen molar-refractivity contribution in [2.24, 2.45) is 5.41 Å². The highest BCUT2D eigenvalue weighted by Crippen LogP contribution is 2.40. The first-order chi connectivity index (χ1) is 8.95. The standard InChI is InChI=1S/C15H16N2OS/c1-15(2,3)13(18)17-14-16-12-10-7-5-4-6-9(10)8-11(12)19-14/h4-7H,8H2,1-3H3,(H,16,17,18). The lowest BCUT2D eigenvalue weighted by atomic mass is 9.96. The van der Waals surface area contributed by atoms with Crippen molar-refractivity contribution in [1.29, 1.82) is 0 Å². The predicted octanol–water partition coefficient (Wildman–Crippen LogP) is 3.70. The van der Waals surface area contributed by atoms with Crippen LogP contribution in [-0.2, 0) is 11.2 Å². The highest BCUT2D eigenvalue weighted by atomic mass is 32.1. The fraction of sp³-hybridized carbons (Fsp3) is 0.333. The summed E-state index contributed by atoms with van der Waals surface area (Å²) in [5.41, 5.74) is 3.16. The number of nitrogens with one attached hydrogen (secondary N) is 1. The number of thiazole rings is 1. The molecule has 0 radical (unpaired) electrons. The topological polar surface area (TPSA) is 42.0 Å². The highest BCUT2D eigenvalue weighted by molar-refractivity contribution is 7.16. The zero-order chi connectivity index (χ0) is 13.6. The van der Waals surface area contributed by atoms with E-state index in [4.69, 9.17) is 0 Å². The first-order valence-electron chi connectivity index (χ1n) is 6.34. The molecular weight excluding hydrogens is 256 g/mol. The van der Waals surface area contributed by atoms with Gasteiger partial charge in [-0.2, -0.15) is 0 Å². The summed E-state index contributed by atoms with van der Waals surface area (Å²) in [6.45, 7) is 5.71. The van der Waals surface area contributed by atoms with Gasteiger partial charge in [0.25, 0.3) is 0 Å². The molecule has 1 aliphatic rings. The predicted molar refractivity (Wildman–Crippen MR) is 78.4 cm³/mol. The molecule has 1 amide bonds. The van der Waals surface area contributed by atoms with Gasteiger partial charge >= 0.3 is 0 Å². The van der Waals surface area contributed by atoms with Gasteiger partial charge in [0.1, 0.15) is 0 Å². The van der Waals surface area contributed by atoms with Gasteiger partial charge in [-0.1, -0.05) is 45.0 Å². The molecule has 1 aliphatic carbocycles. The van der Waals surface area contributed by atoms with Crippen LogP contribution >= 0.6 is 11.3 Å². The molecule has 3 rings (SSSR count). The summed E-state index contributed by atoms with van der Waals surface area (Å²) in [5, 5.41) is 3.62. The van der Waals surface area contributed by atoms with Crippen molar-refractivity contribution >= 4 is 22.4 Å². The maximum Gasteiger partial charge on any atom is 0.231 e. The largest absolute Gasteiger partial charge is 0.301 e. The van der Waals surface area contributed by atoms with E-state index in [1.807, 2.05) is 26.8 Å². The quantitative estimate of drug-likeness (QED) is 0.734. The van der Waals surface area contributed by atoms with Crippen molar-refractivity contribution in [2.75, 3.05) is 5.32 Å². The molecule has 1 aromatic carbocycles. The molecule has 3 nitrogen and oxygen atoms in total. The molecule has 0 spiro atoms. The van der Waals surface area contributed by atoms with Crippen molar-refractivity contribution in [2.45, 2.75) is 27.2 Å². The van der Waals surface area contributed by atoms with Gasteiger partial charge < -0.3 is 5.32 Å². The molecule has 0 saturated carbocycles. The zero-order valence-electron chi connectivity index (χ0n) is 11.3. The van der Waals surface area contributed by atoms with Crippen molar-refractivity contribution in [3.05, 3.63) is 34.7 Å². The summed E-state index contributed by atoms with van der Waals surface area (Å²) in [6, 6.07) is 8.31. The Bertz CT molecular complexity index is 652. The zero-order valence-corrected chi connectivity index (χ0v) is 12.1. The second kappa shape index (κ2) is 4.17. The van der Waals surface area contributed by atoms with E-state index in [0.717, 1.165) is 12.1 Å². The van der Waals surface area contributed by atoms with Gasteiger partial charge in [0.15, 0.2) is 5.13 Å². The summed E-state index contributed by atoms with van der Waals surface area (Å²) in [4.78, 5) is 17.8. The van der Waals surface area contributed by atoms with E-state index in [0.29, 0.717) is 5.13 Å². The molecule has 19 heavy (non-hydrogen) atoms. The van der Waals surface area contributed by atoms with Crippen molar-refractivity contribution in [3.63, 3.8) is 0 Å².